The highest BCUT2D eigenvalue weighted by molar-refractivity contribution is 7.65. The van der Waals surface area contributed by atoms with Crippen LogP contribution in [0.2, 0.25) is 0 Å². The van der Waals surface area contributed by atoms with Crippen LogP contribution < -0.4 is 0 Å². The molecular formula is C10H23OP. The van der Waals surface area contributed by atoms with Crippen molar-refractivity contribution in [3.05, 3.63) is 0 Å². The highest BCUT2D eigenvalue weighted by Gasteiger charge is 2.40. The fourth-order valence-electron chi connectivity index (χ4n) is 1.18. The molecule has 0 amide bonds. The fraction of sp³-hybridized carbons (Fsp3) is 1.00. The van der Waals surface area contributed by atoms with E-state index in [1.54, 1.807) is 0 Å². The predicted molar refractivity (Wildman–Crippen MR) is 57.6 cm³/mol. The minimum Gasteiger partial charge on any atom is -0.323 e. The van der Waals surface area contributed by atoms with Crippen LogP contribution in [0.3, 0.4) is 0 Å². The standard InChI is InChI=1S/C10H23OP/c1-8(2)10(5,6)12(7,11)9(3)4/h8-9H,1-7H3. The second-order valence-corrected chi connectivity index (χ2v) is 9.06. The van der Waals surface area contributed by atoms with E-state index in [0.29, 0.717) is 11.6 Å². The van der Waals surface area contributed by atoms with E-state index in [4.69, 9.17) is 0 Å². The first-order valence-electron chi connectivity index (χ1n) is 4.71. The van der Waals surface area contributed by atoms with Crippen molar-refractivity contribution >= 4 is 7.14 Å². The van der Waals surface area contributed by atoms with Crippen molar-refractivity contribution in [3.8, 4) is 0 Å². The lowest BCUT2D eigenvalue weighted by Crippen LogP contribution is -2.30. The monoisotopic (exact) mass is 190 g/mol. The summed E-state index contributed by atoms with van der Waals surface area (Å²) in [4.78, 5) is 0. The van der Waals surface area contributed by atoms with E-state index in [-0.39, 0.29) is 5.16 Å². The third-order valence-corrected chi connectivity index (χ3v) is 8.32. The number of hydrogen-bond donors (Lipinski definition) is 0. The van der Waals surface area contributed by atoms with Crippen LogP contribution in [0.15, 0.2) is 0 Å². The smallest absolute Gasteiger partial charge is 0.0927 e. The SMILES string of the molecule is CC(C)C(C)(C)P(C)(=O)C(C)C. The highest BCUT2D eigenvalue weighted by Crippen LogP contribution is 2.61. The quantitative estimate of drug-likeness (QED) is 0.618. The molecule has 0 N–H and O–H groups in total. The van der Waals surface area contributed by atoms with E-state index in [0.717, 1.165) is 0 Å². The largest absolute Gasteiger partial charge is 0.323 e. The molecule has 1 nitrogen and oxygen atoms in total. The maximum atomic E-state index is 12.4. The second kappa shape index (κ2) is 3.54. The topological polar surface area (TPSA) is 17.1 Å². The molecule has 74 valence electrons. The molecule has 0 spiro atoms. The van der Waals surface area contributed by atoms with Gasteiger partial charge in [-0.1, -0.05) is 41.5 Å². The van der Waals surface area contributed by atoms with Gasteiger partial charge in [0.2, 0.25) is 0 Å². The van der Waals surface area contributed by atoms with Gasteiger partial charge < -0.3 is 4.57 Å². The van der Waals surface area contributed by atoms with Gasteiger partial charge >= 0.3 is 0 Å². The van der Waals surface area contributed by atoms with E-state index in [1.807, 2.05) is 6.66 Å². The Balaban J connectivity index is 4.89. The molecule has 2 heteroatoms. The van der Waals surface area contributed by atoms with Gasteiger partial charge in [-0.05, 0) is 12.6 Å². The normalized spacial score (nSPS) is 18.4. The first-order chi connectivity index (χ1) is 5.14. The molecule has 0 saturated heterocycles. The first-order valence-corrected chi connectivity index (χ1v) is 6.93. The predicted octanol–water partition coefficient (Wildman–Crippen LogP) is 3.82. The summed E-state index contributed by atoms with van der Waals surface area (Å²) in [6.07, 6.45) is 0. The minimum absolute atomic E-state index is 0.0266. The molecule has 0 radical (unpaired) electrons. The molecule has 1 atom stereocenters. The number of hydrogen-bond acceptors (Lipinski definition) is 1. The molecule has 0 aromatic rings. The molecule has 1 unspecified atom stereocenters. The average Bonchev–Trinajstić information content (AvgIpc) is 1.86. The van der Waals surface area contributed by atoms with Crippen LogP contribution in [0.1, 0.15) is 41.5 Å². The number of rotatable bonds is 3. The molecule has 0 heterocycles. The Morgan fingerprint density at radius 2 is 1.42 bits per heavy atom. The molecule has 0 saturated carbocycles. The van der Waals surface area contributed by atoms with Gasteiger partial charge in [0.25, 0.3) is 0 Å². The highest BCUT2D eigenvalue weighted by atomic mass is 31.2. The van der Waals surface area contributed by atoms with E-state index in [2.05, 4.69) is 41.5 Å². The molecule has 0 aromatic heterocycles. The van der Waals surface area contributed by atoms with Crippen molar-refractivity contribution in [2.24, 2.45) is 5.92 Å². The zero-order valence-corrected chi connectivity index (χ0v) is 10.4. The van der Waals surface area contributed by atoms with Gasteiger partial charge in [0.15, 0.2) is 0 Å². The Bertz CT molecular complexity index is 192. The zero-order valence-electron chi connectivity index (χ0n) is 9.51. The van der Waals surface area contributed by atoms with Gasteiger partial charge in [0, 0.05) is 10.8 Å². The van der Waals surface area contributed by atoms with Crippen molar-refractivity contribution in [1.29, 1.82) is 0 Å². The zero-order chi connectivity index (χ0) is 10.2. The third kappa shape index (κ3) is 1.93. The van der Waals surface area contributed by atoms with Gasteiger partial charge in [-0.25, -0.2) is 0 Å². The van der Waals surface area contributed by atoms with Crippen LogP contribution in [0.5, 0.6) is 0 Å². The van der Waals surface area contributed by atoms with Crippen LogP contribution in [0.4, 0.5) is 0 Å². The van der Waals surface area contributed by atoms with Crippen molar-refractivity contribution in [2.45, 2.75) is 52.4 Å². The summed E-state index contributed by atoms with van der Waals surface area (Å²) in [5.41, 5.74) is 0.301. The van der Waals surface area contributed by atoms with Crippen LogP contribution in [-0.4, -0.2) is 17.5 Å². The molecule has 0 bridgehead atoms. The lowest BCUT2D eigenvalue weighted by molar-refractivity contribution is 0.451. The minimum atomic E-state index is -2.02. The van der Waals surface area contributed by atoms with E-state index < -0.39 is 7.14 Å². The summed E-state index contributed by atoms with van der Waals surface area (Å²) in [5.74, 6) is 0.482. The molecule has 0 aliphatic heterocycles. The van der Waals surface area contributed by atoms with Crippen molar-refractivity contribution in [3.63, 3.8) is 0 Å². The van der Waals surface area contributed by atoms with Gasteiger partial charge in [-0.3, -0.25) is 0 Å². The molecule has 12 heavy (non-hydrogen) atoms. The molecule has 0 rings (SSSR count). The van der Waals surface area contributed by atoms with E-state index in [9.17, 15) is 4.57 Å². The summed E-state index contributed by atoms with van der Waals surface area (Å²) >= 11 is 0. The Morgan fingerprint density at radius 1 is 1.08 bits per heavy atom. The summed E-state index contributed by atoms with van der Waals surface area (Å²) in [6, 6.07) is 0. The molecule has 0 aromatic carbocycles. The van der Waals surface area contributed by atoms with Crippen molar-refractivity contribution in [2.75, 3.05) is 6.66 Å². The van der Waals surface area contributed by atoms with Crippen LogP contribution in [0, 0.1) is 5.92 Å². The van der Waals surface area contributed by atoms with Crippen molar-refractivity contribution in [1.82, 2.24) is 0 Å². The van der Waals surface area contributed by atoms with E-state index in [1.165, 1.54) is 0 Å². The molecule has 0 aliphatic carbocycles. The van der Waals surface area contributed by atoms with Gasteiger partial charge in [0.1, 0.15) is 0 Å². The molecule has 0 fully saturated rings. The van der Waals surface area contributed by atoms with E-state index >= 15 is 0 Å². The summed E-state index contributed by atoms with van der Waals surface area (Å²) in [5, 5.41) is -0.0266. The van der Waals surface area contributed by atoms with Crippen LogP contribution >= 0.6 is 7.14 Å². The third-order valence-electron chi connectivity index (χ3n) is 3.54. The Hall–Kier alpha value is 0.230. The summed E-state index contributed by atoms with van der Waals surface area (Å²) in [7, 11) is -2.02. The van der Waals surface area contributed by atoms with Crippen LogP contribution in [-0.2, 0) is 4.57 Å². The maximum Gasteiger partial charge on any atom is 0.0927 e. The maximum absolute atomic E-state index is 12.4. The first kappa shape index (κ1) is 12.2. The lowest BCUT2D eigenvalue weighted by Gasteiger charge is -2.38. The Morgan fingerprint density at radius 3 is 1.50 bits per heavy atom. The lowest BCUT2D eigenvalue weighted by atomic mass is 9.99. The fourth-order valence-corrected chi connectivity index (χ4v) is 3.53. The Kier molecular flexibility index (Phi) is 3.60. The average molecular weight is 190 g/mol. The molecular weight excluding hydrogens is 167 g/mol. The van der Waals surface area contributed by atoms with Gasteiger partial charge in [-0.2, -0.15) is 0 Å². The summed E-state index contributed by atoms with van der Waals surface area (Å²) in [6.45, 7) is 14.6. The molecule has 0 aliphatic rings. The van der Waals surface area contributed by atoms with Gasteiger partial charge in [-0.15, -0.1) is 0 Å². The van der Waals surface area contributed by atoms with Gasteiger partial charge in [0.05, 0.1) is 7.14 Å². The Labute approximate surface area is 77.3 Å². The van der Waals surface area contributed by atoms with Crippen LogP contribution in [0.25, 0.3) is 0 Å². The van der Waals surface area contributed by atoms with Crippen molar-refractivity contribution < 1.29 is 4.57 Å². The second-order valence-electron chi connectivity index (χ2n) is 4.89. The summed E-state index contributed by atoms with van der Waals surface area (Å²) < 4.78 is 12.4.